The summed E-state index contributed by atoms with van der Waals surface area (Å²) in [5.41, 5.74) is 5.60. The lowest BCUT2D eigenvalue weighted by atomic mass is 9.86. The molecule has 114 valence electrons. The van der Waals surface area contributed by atoms with Crippen LogP contribution < -0.4 is 11.3 Å². The molecule has 0 bridgehead atoms. The Morgan fingerprint density at radius 3 is 2.30 bits per heavy atom. The molecule has 0 amide bonds. The number of ether oxygens (including phenoxy) is 2. The Kier molecular flexibility index (Phi) is 7.16. The van der Waals surface area contributed by atoms with Gasteiger partial charge in [0.2, 0.25) is 0 Å². The van der Waals surface area contributed by atoms with Gasteiger partial charge in [-0.15, -0.1) is 0 Å². The van der Waals surface area contributed by atoms with E-state index in [1.165, 1.54) is 11.1 Å². The Morgan fingerprint density at radius 2 is 1.80 bits per heavy atom. The minimum absolute atomic E-state index is 0.118. The largest absolute Gasteiger partial charge is 0.382 e. The maximum Gasteiger partial charge on any atom is 0.0701 e. The van der Waals surface area contributed by atoms with Gasteiger partial charge in [-0.25, -0.2) is 0 Å². The van der Waals surface area contributed by atoms with E-state index in [9.17, 15) is 0 Å². The quantitative estimate of drug-likeness (QED) is 0.434. The number of hydrogen-bond donors (Lipinski definition) is 2. The maximum atomic E-state index is 5.57. The molecule has 1 aromatic carbocycles. The van der Waals surface area contributed by atoms with Crippen LogP contribution in [0.1, 0.15) is 31.9 Å². The lowest BCUT2D eigenvalue weighted by Gasteiger charge is -2.20. The summed E-state index contributed by atoms with van der Waals surface area (Å²) in [7, 11) is 1.67. The molecule has 0 saturated carbocycles. The van der Waals surface area contributed by atoms with Gasteiger partial charge in [0.1, 0.15) is 0 Å². The van der Waals surface area contributed by atoms with Crippen molar-refractivity contribution in [2.75, 3.05) is 26.9 Å². The third-order valence-electron chi connectivity index (χ3n) is 3.29. The van der Waals surface area contributed by atoms with Gasteiger partial charge in [0.05, 0.1) is 19.8 Å². The Bertz CT molecular complexity index is 371. The van der Waals surface area contributed by atoms with Crippen molar-refractivity contribution in [2.24, 2.45) is 5.84 Å². The van der Waals surface area contributed by atoms with Crippen LogP contribution in [0.4, 0.5) is 0 Å². The summed E-state index contributed by atoms with van der Waals surface area (Å²) in [6, 6.07) is 8.83. The highest BCUT2D eigenvalue weighted by molar-refractivity contribution is 5.27. The predicted molar refractivity (Wildman–Crippen MR) is 82.7 cm³/mol. The van der Waals surface area contributed by atoms with Gasteiger partial charge in [-0.3, -0.25) is 11.3 Å². The third-order valence-corrected chi connectivity index (χ3v) is 3.29. The number of nitrogens with two attached hydrogens (primary N) is 1. The molecule has 0 aliphatic heterocycles. The fourth-order valence-corrected chi connectivity index (χ4v) is 1.96. The van der Waals surface area contributed by atoms with Crippen LogP contribution in [0.3, 0.4) is 0 Å². The summed E-state index contributed by atoms with van der Waals surface area (Å²) in [6.45, 7) is 8.44. The summed E-state index contributed by atoms with van der Waals surface area (Å²) in [6.07, 6.45) is 0.855. The molecular weight excluding hydrogens is 252 g/mol. The summed E-state index contributed by atoms with van der Waals surface area (Å²) in [5.74, 6) is 5.57. The highest BCUT2D eigenvalue weighted by Gasteiger charge is 2.14. The van der Waals surface area contributed by atoms with Gasteiger partial charge in [0.15, 0.2) is 0 Å². The second-order valence-electron chi connectivity index (χ2n) is 6.08. The van der Waals surface area contributed by atoms with Crippen LogP contribution in [0.15, 0.2) is 24.3 Å². The zero-order chi connectivity index (χ0) is 15.0. The van der Waals surface area contributed by atoms with Gasteiger partial charge in [0.25, 0.3) is 0 Å². The number of hydrogen-bond acceptors (Lipinski definition) is 4. The zero-order valence-corrected chi connectivity index (χ0v) is 13.1. The molecule has 1 aromatic rings. The van der Waals surface area contributed by atoms with Crippen molar-refractivity contribution >= 4 is 0 Å². The van der Waals surface area contributed by atoms with Gasteiger partial charge in [-0.1, -0.05) is 45.0 Å². The summed E-state index contributed by atoms with van der Waals surface area (Å²) in [4.78, 5) is 0. The predicted octanol–water partition coefficient (Wildman–Crippen LogP) is 2.02. The lowest BCUT2D eigenvalue weighted by Crippen LogP contribution is -2.40. The number of hydrazine groups is 1. The van der Waals surface area contributed by atoms with Crippen molar-refractivity contribution in [3.63, 3.8) is 0 Å². The molecule has 0 heterocycles. The first-order chi connectivity index (χ1) is 9.47. The number of nitrogens with one attached hydrogen (secondary N) is 1. The minimum atomic E-state index is 0.118. The van der Waals surface area contributed by atoms with E-state index in [2.05, 4.69) is 50.5 Å². The third kappa shape index (κ3) is 6.01. The molecule has 0 fully saturated rings. The number of methoxy groups -OCH3 is 1. The number of benzene rings is 1. The van der Waals surface area contributed by atoms with Gasteiger partial charge in [-0.2, -0.15) is 0 Å². The van der Waals surface area contributed by atoms with Crippen LogP contribution in [0.25, 0.3) is 0 Å². The highest BCUT2D eigenvalue weighted by atomic mass is 16.5. The van der Waals surface area contributed by atoms with Crippen molar-refractivity contribution in [1.29, 1.82) is 0 Å². The first-order valence-electron chi connectivity index (χ1n) is 7.09. The summed E-state index contributed by atoms with van der Waals surface area (Å²) in [5, 5.41) is 0. The second-order valence-corrected chi connectivity index (χ2v) is 6.08. The molecule has 0 aromatic heterocycles. The molecule has 4 heteroatoms. The second kappa shape index (κ2) is 8.37. The number of rotatable bonds is 8. The average Bonchev–Trinajstić information content (AvgIpc) is 2.42. The molecule has 0 aliphatic carbocycles. The van der Waals surface area contributed by atoms with Gasteiger partial charge < -0.3 is 9.47 Å². The highest BCUT2D eigenvalue weighted by Crippen LogP contribution is 2.22. The van der Waals surface area contributed by atoms with E-state index in [0.717, 1.165) is 6.42 Å². The molecule has 20 heavy (non-hydrogen) atoms. The Labute approximate surface area is 122 Å². The zero-order valence-electron chi connectivity index (χ0n) is 13.1. The molecule has 0 spiro atoms. The van der Waals surface area contributed by atoms with Gasteiger partial charge in [-0.05, 0) is 23.0 Å². The van der Waals surface area contributed by atoms with Crippen LogP contribution in [0, 0.1) is 0 Å². The Balaban J connectivity index is 2.49. The summed E-state index contributed by atoms with van der Waals surface area (Å²) >= 11 is 0. The molecular formula is C16H28N2O2. The maximum absolute atomic E-state index is 5.57. The van der Waals surface area contributed by atoms with Gasteiger partial charge in [0, 0.05) is 13.2 Å². The van der Waals surface area contributed by atoms with Crippen molar-refractivity contribution in [3.8, 4) is 0 Å². The Hall–Kier alpha value is -0.940. The van der Waals surface area contributed by atoms with E-state index in [1.807, 2.05) is 0 Å². The lowest BCUT2D eigenvalue weighted by molar-refractivity contribution is 0.0587. The topological polar surface area (TPSA) is 56.5 Å². The normalized spacial score (nSPS) is 13.4. The van der Waals surface area contributed by atoms with Crippen LogP contribution in [0.5, 0.6) is 0 Å². The van der Waals surface area contributed by atoms with Crippen LogP contribution in [-0.4, -0.2) is 33.0 Å². The van der Waals surface area contributed by atoms with Crippen LogP contribution in [0.2, 0.25) is 0 Å². The van der Waals surface area contributed by atoms with Crippen molar-refractivity contribution in [1.82, 2.24) is 5.43 Å². The molecule has 0 radical (unpaired) electrons. The molecule has 4 nitrogen and oxygen atoms in total. The molecule has 1 rings (SSSR count). The van der Waals surface area contributed by atoms with Crippen molar-refractivity contribution in [2.45, 2.75) is 38.6 Å². The van der Waals surface area contributed by atoms with E-state index in [-0.39, 0.29) is 11.5 Å². The van der Waals surface area contributed by atoms with E-state index < -0.39 is 0 Å². The van der Waals surface area contributed by atoms with Crippen LogP contribution in [-0.2, 0) is 21.3 Å². The fraction of sp³-hybridized carbons (Fsp3) is 0.625. The monoisotopic (exact) mass is 280 g/mol. The molecule has 1 atom stereocenters. The van der Waals surface area contributed by atoms with E-state index in [4.69, 9.17) is 15.3 Å². The smallest absolute Gasteiger partial charge is 0.0701 e. The SMILES string of the molecule is COCCOCC(Cc1ccc(C(C)(C)C)cc1)NN. The van der Waals surface area contributed by atoms with Crippen molar-refractivity contribution in [3.05, 3.63) is 35.4 Å². The van der Waals surface area contributed by atoms with E-state index in [1.54, 1.807) is 7.11 Å². The van der Waals surface area contributed by atoms with Gasteiger partial charge >= 0.3 is 0 Å². The molecule has 0 aliphatic rings. The summed E-state index contributed by atoms with van der Waals surface area (Å²) < 4.78 is 10.5. The standard InChI is InChI=1S/C16H28N2O2/c1-16(2,3)14-7-5-13(6-8-14)11-15(18-17)12-20-10-9-19-4/h5-8,15,18H,9-12,17H2,1-4H3. The van der Waals surface area contributed by atoms with E-state index in [0.29, 0.717) is 19.8 Å². The first-order valence-corrected chi connectivity index (χ1v) is 7.09. The van der Waals surface area contributed by atoms with Crippen molar-refractivity contribution < 1.29 is 9.47 Å². The average molecular weight is 280 g/mol. The fourth-order valence-electron chi connectivity index (χ4n) is 1.96. The Morgan fingerprint density at radius 1 is 1.15 bits per heavy atom. The molecule has 0 saturated heterocycles. The first kappa shape index (κ1) is 17.1. The molecule has 3 N–H and O–H groups in total. The molecule has 1 unspecified atom stereocenters. The van der Waals surface area contributed by atoms with Crippen LogP contribution >= 0.6 is 0 Å². The minimum Gasteiger partial charge on any atom is -0.382 e. The van der Waals surface area contributed by atoms with E-state index >= 15 is 0 Å².